The number of likely N-dealkylation sites (tertiary alicyclic amines) is 1. The highest BCUT2D eigenvalue weighted by Crippen LogP contribution is 2.35. The van der Waals surface area contributed by atoms with Crippen LogP contribution >= 0.6 is 23.2 Å². The molecule has 2 amide bonds. The second-order valence-electron chi connectivity index (χ2n) is 11.1. The van der Waals surface area contributed by atoms with Crippen LogP contribution in [-0.2, 0) is 21.5 Å². The molecular weight excluding hydrogens is 541 g/mol. The molecule has 4 heterocycles. The molecule has 10 nitrogen and oxygen atoms in total. The van der Waals surface area contributed by atoms with Gasteiger partial charge < -0.3 is 24.8 Å². The van der Waals surface area contributed by atoms with Crippen LogP contribution in [0.1, 0.15) is 61.5 Å². The van der Waals surface area contributed by atoms with E-state index in [1.54, 1.807) is 4.90 Å². The third-order valence-electron chi connectivity index (χ3n) is 7.23. The number of aromatic nitrogens is 4. The van der Waals surface area contributed by atoms with E-state index in [0.29, 0.717) is 55.2 Å². The molecule has 0 spiro atoms. The SMILES string of the molecule is C=CC(=O)N1CC(NC(=O)c2c(Cl)nc(CNc3n[nH]c4cc(Cl)c(C(C)(C)C)cc34)n2C2CCCOC2)C1. The lowest BCUT2D eigenvalue weighted by atomic mass is 9.86. The Labute approximate surface area is 237 Å². The first kappa shape index (κ1) is 27.5. The highest BCUT2D eigenvalue weighted by molar-refractivity contribution is 6.32. The van der Waals surface area contributed by atoms with E-state index in [1.165, 1.54) is 6.08 Å². The summed E-state index contributed by atoms with van der Waals surface area (Å²) in [6.07, 6.45) is 2.98. The van der Waals surface area contributed by atoms with E-state index in [9.17, 15) is 9.59 Å². The molecule has 0 saturated carbocycles. The van der Waals surface area contributed by atoms with Gasteiger partial charge in [-0.3, -0.25) is 14.7 Å². The average molecular weight is 575 g/mol. The maximum Gasteiger partial charge on any atom is 0.271 e. The van der Waals surface area contributed by atoms with Crippen molar-refractivity contribution in [3.05, 3.63) is 52.0 Å². The maximum atomic E-state index is 13.4. The zero-order valence-electron chi connectivity index (χ0n) is 22.3. The molecule has 0 aliphatic carbocycles. The Hall–Kier alpha value is -3.08. The number of amides is 2. The fourth-order valence-corrected chi connectivity index (χ4v) is 5.86. The minimum absolute atomic E-state index is 0.0845. The molecule has 1 unspecified atom stereocenters. The lowest BCUT2D eigenvalue weighted by molar-refractivity contribution is -0.130. The number of halogens is 2. The summed E-state index contributed by atoms with van der Waals surface area (Å²) in [5, 5.41) is 15.6. The average Bonchev–Trinajstić information content (AvgIpc) is 3.42. The van der Waals surface area contributed by atoms with Crippen molar-refractivity contribution in [3.8, 4) is 0 Å². The van der Waals surface area contributed by atoms with Crippen molar-refractivity contribution in [2.45, 2.75) is 57.7 Å². The molecule has 2 fully saturated rings. The summed E-state index contributed by atoms with van der Waals surface area (Å²) in [4.78, 5) is 31.4. The number of nitrogens with one attached hydrogen (secondary N) is 3. The number of carbonyl (C=O) groups excluding carboxylic acids is 2. The number of ether oxygens (including phenoxy) is 1. The molecule has 1 aromatic carbocycles. The predicted octanol–water partition coefficient (Wildman–Crippen LogP) is 4.45. The summed E-state index contributed by atoms with van der Waals surface area (Å²) in [5.41, 5.74) is 2.00. The lowest BCUT2D eigenvalue weighted by Crippen LogP contribution is -2.60. The fourth-order valence-electron chi connectivity index (χ4n) is 5.14. The third-order valence-corrected chi connectivity index (χ3v) is 7.81. The Balaban J connectivity index is 1.40. The van der Waals surface area contributed by atoms with Gasteiger partial charge in [-0.05, 0) is 42.0 Å². The van der Waals surface area contributed by atoms with Gasteiger partial charge in [0.25, 0.3) is 5.91 Å². The largest absolute Gasteiger partial charge is 0.379 e. The van der Waals surface area contributed by atoms with E-state index >= 15 is 0 Å². The molecule has 1 atom stereocenters. The van der Waals surface area contributed by atoms with Crippen LogP contribution in [0, 0.1) is 0 Å². The molecule has 208 valence electrons. The maximum absolute atomic E-state index is 13.4. The van der Waals surface area contributed by atoms with Crippen molar-refractivity contribution in [1.82, 2.24) is 30.0 Å². The first-order valence-electron chi connectivity index (χ1n) is 13.0. The number of anilines is 1. The van der Waals surface area contributed by atoms with Gasteiger partial charge in [0.05, 0.1) is 30.8 Å². The molecule has 0 bridgehead atoms. The van der Waals surface area contributed by atoms with E-state index in [0.717, 1.165) is 29.3 Å². The number of H-pyrrole nitrogens is 1. The summed E-state index contributed by atoms with van der Waals surface area (Å²) in [7, 11) is 0. The van der Waals surface area contributed by atoms with Crippen LogP contribution in [0.15, 0.2) is 24.8 Å². The second-order valence-corrected chi connectivity index (χ2v) is 11.8. The molecule has 39 heavy (non-hydrogen) atoms. The molecule has 2 saturated heterocycles. The van der Waals surface area contributed by atoms with Gasteiger partial charge in [0.15, 0.2) is 11.0 Å². The molecule has 2 aromatic heterocycles. The van der Waals surface area contributed by atoms with Crippen LogP contribution in [0.3, 0.4) is 0 Å². The Morgan fingerprint density at radius 3 is 2.72 bits per heavy atom. The molecule has 5 rings (SSSR count). The quantitative estimate of drug-likeness (QED) is 0.359. The molecule has 0 radical (unpaired) electrons. The van der Waals surface area contributed by atoms with Crippen molar-refractivity contribution < 1.29 is 14.3 Å². The summed E-state index contributed by atoms with van der Waals surface area (Å²) < 4.78 is 7.63. The van der Waals surface area contributed by atoms with Gasteiger partial charge >= 0.3 is 0 Å². The monoisotopic (exact) mass is 573 g/mol. The van der Waals surface area contributed by atoms with Crippen molar-refractivity contribution in [3.63, 3.8) is 0 Å². The van der Waals surface area contributed by atoms with Gasteiger partial charge in [0, 0.05) is 30.1 Å². The van der Waals surface area contributed by atoms with Crippen molar-refractivity contribution in [2.24, 2.45) is 0 Å². The number of benzene rings is 1. The predicted molar refractivity (Wildman–Crippen MR) is 151 cm³/mol. The van der Waals surface area contributed by atoms with Gasteiger partial charge in [0.1, 0.15) is 11.5 Å². The zero-order valence-corrected chi connectivity index (χ0v) is 23.8. The third kappa shape index (κ3) is 5.50. The Morgan fingerprint density at radius 2 is 2.05 bits per heavy atom. The van der Waals surface area contributed by atoms with Gasteiger partial charge in [-0.15, -0.1) is 0 Å². The number of nitrogens with zero attached hydrogens (tertiary/aromatic N) is 4. The molecule has 2 aliphatic rings. The summed E-state index contributed by atoms with van der Waals surface area (Å²) in [6.45, 7) is 12.1. The summed E-state index contributed by atoms with van der Waals surface area (Å²) in [6, 6.07) is 3.69. The fraction of sp³-hybridized carbons (Fsp3) is 0.481. The highest BCUT2D eigenvalue weighted by Gasteiger charge is 2.34. The van der Waals surface area contributed by atoms with E-state index in [-0.39, 0.29) is 34.5 Å². The van der Waals surface area contributed by atoms with Gasteiger partial charge in [-0.2, -0.15) is 5.10 Å². The summed E-state index contributed by atoms with van der Waals surface area (Å²) >= 11 is 13.1. The Morgan fingerprint density at radius 1 is 1.28 bits per heavy atom. The number of imidazole rings is 1. The highest BCUT2D eigenvalue weighted by atomic mass is 35.5. The lowest BCUT2D eigenvalue weighted by Gasteiger charge is -2.39. The minimum atomic E-state index is -0.324. The van der Waals surface area contributed by atoms with Crippen LogP contribution in [0.25, 0.3) is 10.9 Å². The molecule has 12 heteroatoms. The van der Waals surface area contributed by atoms with Crippen molar-refractivity contribution >= 4 is 51.7 Å². The van der Waals surface area contributed by atoms with Gasteiger partial charge in [0.2, 0.25) is 5.91 Å². The number of hydrogen-bond donors (Lipinski definition) is 3. The molecule has 3 aromatic rings. The van der Waals surface area contributed by atoms with Crippen molar-refractivity contribution in [1.29, 1.82) is 0 Å². The van der Waals surface area contributed by atoms with Crippen LogP contribution in [0.2, 0.25) is 10.2 Å². The number of fused-ring (bicyclic) bond motifs is 1. The normalized spacial score (nSPS) is 18.2. The first-order chi connectivity index (χ1) is 18.6. The molecule has 2 aliphatic heterocycles. The van der Waals surface area contributed by atoms with Crippen LogP contribution in [0.4, 0.5) is 5.82 Å². The molecule has 3 N–H and O–H groups in total. The standard InChI is InChI=1S/C27H33Cl2N7O3/c1-5-22(37)35-12-15(13-35)31-26(38)23-24(29)32-21(36(23)16-7-6-8-39-14-16)11-30-25-17-9-18(27(2,3)4)19(28)10-20(17)33-34-25/h5,9-10,15-16H,1,6-8,11-14H2,2-4H3,(H,31,38)(H2,30,33,34). The Bertz CT molecular complexity index is 1410. The van der Waals surface area contributed by atoms with Crippen LogP contribution in [-0.4, -0.2) is 68.8 Å². The zero-order chi connectivity index (χ0) is 27.9. The number of carbonyl (C=O) groups is 2. The van der Waals surface area contributed by atoms with E-state index in [1.807, 2.05) is 10.6 Å². The van der Waals surface area contributed by atoms with Gasteiger partial charge in [-0.1, -0.05) is 50.6 Å². The van der Waals surface area contributed by atoms with E-state index < -0.39 is 0 Å². The smallest absolute Gasteiger partial charge is 0.271 e. The van der Waals surface area contributed by atoms with Crippen LogP contribution < -0.4 is 10.6 Å². The number of aromatic amines is 1. The molecular formula is C27H33Cl2N7O3. The van der Waals surface area contributed by atoms with Gasteiger partial charge in [-0.25, -0.2) is 4.98 Å². The van der Waals surface area contributed by atoms with E-state index in [4.69, 9.17) is 27.9 Å². The van der Waals surface area contributed by atoms with E-state index in [2.05, 4.69) is 59.2 Å². The first-order valence-corrected chi connectivity index (χ1v) is 13.8. The number of rotatable bonds is 7. The topological polar surface area (TPSA) is 117 Å². The van der Waals surface area contributed by atoms with Crippen LogP contribution in [0.5, 0.6) is 0 Å². The summed E-state index contributed by atoms with van der Waals surface area (Å²) in [5.74, 6) is 0.790. The Kier molecular flexibility index (Phi) is 7.63. The number of hydrogen-bond acceptors (Lipinski definition) is 6. The van der Waals surface area contributed by atoms with Crippen molar-refractivity contribution in [2.75, 3.05) is 31.6 Å². The minimum Gasteiger partial charge on any atom is -0.379 e. The second kappa shape index (κ2) is 10.8.